The molecule has 1 saturated carbocycles. The van der Waals surface area contributed by atoms with Crippen LogP contribution in [-0.2, 0) is 4.79 Å². The normalized spacial score (nSPS) is 23.5. The minimum Gasteiger partial charge on any atom is -0.490 e. The summed E-state index contributed by atoms with van der Waals surface area (Å²) < 4.78 is 6.08. The van der Waals surface area contributed by atoms with Crippen molar-refractivity contribution in [1.82, 2.24) is 9.80 Å². The highest BCUT2D eigenvalue weighted by Crippen LogP contribution is 2.32. The Morgan fingerprint density at radius 2 is 1.68 bits per heavy atom. The van der Waals surface area contributed by atoms with Crippen LogP contribution in [0.2, 0.25) is 0 Å². The average Bonchev–Trinajstić information content (AvgIpc) is 3.59. The van der Waals surface area contributed by atoms with Gasteiger partial charge in [0.15, 0.2) is 0 Å². The Labute approximate surface area is 166 Å². The lowest BCUT2D eigenvalue weighted by molar-refractivity contribution is -0.134. The summed E-state index contributed by atoms with van der Waals surface area (Å²) in [7, 11) is 0. The second kappa shape index (κ2) is 8.52. The zero-order valence-corrected chi connectivity index (χ0v) is 16.4. The molecule has 6 heteroatoms. The maximum absolute atomic E-state index is 12.8. The van der Waals surface area contributed by atoms with Crippen molar-refractivity contribution in [3.63, 3.8) is 0 Å². The van der Waals surface area contributed by atoms with Gasteiger partial charge in [-0.1, -0.05) is 0 Å². The van der Waals surface area contributed by atoms with Gasteiger partial charge in [-0.25, -0.2) is 0 Å². The third-order valence-corrected chi connectivity index (χ3v) is 6.18. The first-order chi connectivity index (χ1) is 13.7. The molecule has 6 nitrogen and oxygen atoms in total. The summed E-state index contributed by atoms with van der Waals surface area (Å²) in [6, 6.07) is 7.26. The lowest BCUT2D eigenvalue weighted by atomic mass is 10.0. The molecule has 1 aromatic rings. The molecule has 28 heavy (non-hydrogen) atoms. The van der Waals surface area contributed by atoms with E-state index in [2.05, 4.69) is 0 Å². The van der Waals surface area contributed by atoms with Crippen molar-refractivity contribution in [1.29, 1.82) is 0 Å². The van der Waals surface area contributed by atoms with Gasteiger partial charge in [-0.2, -0.15) is 0 Å². The topological polar surface area (TPSA) is 70.1 Å². The van der Waals surface area contributed by atoms with E-state index in [0.29, 0.717) is 18.0 Å². The van der Waals surface area contributed by atoms with Crippen LogP contribution in [0.15, 0.2) is 24.3 Å². The third-order valence-electron chi connectivity index (χ3n) is 6.18. The highest BCUT2D eigenvalue weighted by atomic mass is 16.5. The van der Waals surface area contributed by atoms with E-state index >= 15 is 0 Å². The van der Waals surface area contributed by atoms with E-state index in [0.717, 1.165) is 63.8 Å². The average molecular weight is 386 g/mol. The first kappa shape index (κ1) is 19.2. The number of nitrogens with zero attached hydrogens (tertiary/aromatic N) is 2. The standard InChI is InChI=1S/C22H30N2O4/c25-15-18-3-1-2-12-24(18)22(27)17-6-8-19(9-7-17)28-20-10-13-23(14-11-20)21(26)16-4-5-16/h6-9,16,18,20,25H,1-5,10-15H2. The fourth-order valence-corrected chi connectivity index (χ4v) is 4.27. The van der Waals surface area contributed by atoms with Crippen LogP contribution >= 0.6 is 0 Å². The van der Waals surface area contributed by atoms with E-state index in [1.165, 1.54) is 0 Å². The lowest BCUT2D eigenvalue weighted by Crippen LogP contribution is -2.45. The predicted molar refractivity (Wildman–Crippen MR) is 105 cm³/mol. The zero-order valence-electron chi connectivity index (χ0n) is 16.4. The summed E-state index contributed by atoms with van der Waals surface area (Å²) in [5.74, 6) is 1.35. The van der Waals surface area contributed by atoms with Gasteiger partial charge in [0.2, 0.25) is 5.91 Å². The Balaban J connectivity index is 1.30. The molecule has 2 amide bonds. The van der Waals surface area contributed by atoms with E-state index in [4.69, 9.17) is 4.74 Å². The van der Waals surface area contributed by atoms with Crippen molar-refractivity contribution in [2.45, 2.75) is 57.1 Å². The zero-order chi connectivity index (χ0) is 19.5. The van der Waals surface area contributed by atoms with Gasteiger partial charge in [-0.15, -0.1) is 0 Å². The second-order valence-electron chi connectivity index (χ2n) is 8.27. The molecule has 0 radical (unpaired) electrons. The molecule has 2 aliphatic heterocycles. The van der Waals surface area contributed by atoms with Crippen LogP contribution in [0.1, 0.15) is 55.3 Å². The number of piperidine rings is 2. The summed E-state index contributed by atoms with van der Waals surface area (Å²) in [5.41, 5.74) is 0.637. The molecular weight excluding hydrogens is 356 g/mol. The highest BCUT2D eigenvalue weighted by molar-refractivity contribution is 5.94. The van der Waals surface area contributed by atoms with Gasteiger partial charge in [0.25, 0.3) is 5.91 Å². The molecule has 0 aromatic heterocycles. The van der Waals surface area contributed by atoms with Crippen molar-refractivity contribution in [3.8, 4) is 5.75 Å². The minimum atomic E-state index is -0.0688. The summed E-state index contributed by atoms with van der Waals surface area (Å²) in [6.07, 6.45) is 6.85. The molecule has 2 heterocycles. The summed E-state index contributed by atoms with van der Waals surface area (Å²) in [6.45, 7) is 2.28. The fourth-order valence-electron chi connectivity index (χ4n) is 4.27. The molecule has 3 fully saturated rings. The summed E-state index contributed by atoms with van der Waals surface area (Å²) in [5, 5.41) is 9.53. The third kappa shape index (κ3) is 4.32. The van der Waals surface area contributed by atoms with Crippen LogP contribution in [-0.4, -0.2) is 65.1 Å². The highest BCUT2D eigenvalue weighted by Gasteiger charge is 2.35. The van der Waals surface area contributed by atoms with E-state index < -0.39 is 0 Å². The molecule has 1 aromatic carbocycles. The monoisotopic (exact) mass is 386 g/mol. The first-order valence-corrected chi connectivity index (χ1v) is 10.6. The van der Waals surface area contributed by atoms with Gasteiger partial charge >= 0.3 is 0 Å². The number of ether oxygens (including phenoxy) is 1. The van der Waals surface area contributed by atoms with Crippen molar-refractivity contribution in [3.05, 3.63) is 29.8 Å². The van der Waals surface area contributed by atoms with Crippen LogP contribution in [0.3, 0.4) is 0 Å². The molecule has 0 bridgehead atoms. The van der Waals surface area contributed by atoms with E-state index in [-0.39, 0.29) is 30.6 Å². The van der Waals surface area contributed by atoms with Crippen molar-refractivity contribution in [2.24, 2.45) is 5.92 Å². The quantitative estimate of drug-likeness (QED) is 0.844. The molecule has 0 spiro atoms. The molecule has 1 N–H and O–H groups in total. The first-order valence-electron chi connectivity index (χ1n) is 10.6. The summed E-state index contributed by atoms with van der Waals surface area (Å²) in [4.78, 5) is 28.7. The Kier molecular flexibility index (Phi) is 5.85. The SMILES string of the molecule is O=C(C1CC1)N1CCC(Oc2ccc(C(=O)N3CCCCC3CO)cc2)CC1. The molecule has 1 unspecified atom stereocenters. The minimum absolute atomic E-state index is 0.0165. The maximum atomic E-state index is 12.8. The second-order valence-corrected chi connectivity index (χ2v) is 8.27. The smallest absolute Gasteiger partial charge is 0.254 e. The van der Waals surface area contributed by atoms with Crippen LogP contribution < -0.4 is 4.74 Å². The number of benzene rings is 1. The predicted octanol–water partition coefficient (Wildman–Crippen LogP) is 2.45. The molecular formula is C22H30N2O4. The number of rotatable bonds is 5. The van der Waals surface area contributed by atoms with E-state index in [1.54, 1.807) is 4.90 Å². The van der Waals surface area contributed by atoms with Crippen LogP contribution in [0.5, 0.6) is 5.75 Å². The van der Waals surface area contributed by atoms with Gasteiger partial charge in [0, 0.05) is 44.0 Å². The molecule has 1 aliphatic carbocycles. The summed E-state index contributed by atoms with van der Waals surface area (Å²) >= 11 is 0. The van der Waals surface area contributed by atoms with Crippen molar-refractivity contribution >= 4 is 11.8 Å². The maximum Gasteiger partial charge on any atom is 0.254 e. The number of aliphatic hydroxyl groups excluding tert-OH is 1. The van der Waals surface area contributed by atoms with Crippen molar-refractivity contribution < 1.29 is 19.4 Å². The number of hydrogen-bond acceptors (Lipinski definition) is 4. The molecule has 1 atom stereocenters. The van der Waals surface area contributed by atoms with Gasteiger partial charge in [-0.05, 0) is 56.4 Å². The Bertz CT molecular complexity index is 693. The van der Waals surface area contributed by atoms with Crippen LogP contribution in [0.4, 0.5) is 0 Å². The number of likely N-dealkylation sites (tertiary alicyclic amines) is 2. The van der Waals surface area contributed by atoms with Gasteiger partial charge in [-0.3, -0.25) is 9.59 Å². The van der Waals surface area contributed by atoms with Gasteiger partial charge < -0.3 is 19.6 Å². The van der Waals surface area contributed by atoms with Gasteiger partial charge in [0.1, 0.15) is 11.9 Å². The number of aliphatic hydroxyl groups is 1. The van der Waals surface area contributed by atoms with Crippen LogP contribution in [0, 0.1) is 5.92 Å². The number of carbonyl (C=O) groups is 2. The number of hydrogen-bond donors (Lipinski definition) is 1. The molecule has 3 aliphatic rings. The largest absolute Gasteiger partial charge is 0.490 e. The van der Waals surface area contributed by atoms with Gasteiger partial charge in [0.05, 0.1) is 12.6 Å². The Hall–Kier alpha value is -2.08. The Morgan fingerprint density at radius 1 is 0.964 bits per heavy atom. The van der Waals surface area contributed by atoms with Crippen LogP contribution in [0.25, 0.3) is 0 Å². The number of carbonyl (C=O) groups excluding carboxylic acids is 2. The number of amides is 2. The molecule has 152 valence electrons. The lowest BCUT2D eigenvalue weighted by Gasteiger charge is -2.34. The fraction of sp³-hybridized carbons (Fsp3) is 0.636. The van der Waals surface area contributed by atoms with E-state index in [1.807, 2.05) is 29.2 Å². The van der Waals surface area contributed by atoms with E-state index in [9.17, 15) is 14.7 Å². The molecule has 2 saturated heterocycles. The molecule has 4 rings (SSSR count). The Morgan fingerprint density at radius 3 is 2.32 bits per heavy atom. The van der Waals surface area contributed by atoms with Crippen molar-refractivity contribution in [2.75, 3.05) is 26.2 Å².